The summed E-state index contributed by atoms with van der Waals surface area (Å²) >= 11 is 3.82. The number of ether oxygens (including phenoxy) is 2. The van der Waals surface area contributed by atoms with Gasteiger partial charge in [0, 0.05) is 34.2 Å². The van der Waals surface area contributed by atoms with Crippen molar-refractivity contribution in [3.05, 3.63) is 76.2 Å². The summed E-state index contributed by atoms with van der Waals surface area (Å²) in [4.78, 5) is 4.73. The number of aryl methyl sites for hydroxylation is 2. The number of hydrogen-bond acceptors (Lipinski definition) is 4. The van der Waals surface area contributed by atoms with Gasteiger partial charge in [0.25, 0.3) is 0 Å². The average Bonchev–Trinajstić information content (AvgIpc) is 3.05. The molecule has 0 fully saturated rings. The summed E-state index contributed by atoms with van der Waals surface area (Å²) in [5.74, 6) is 2.53. The van der Waals surface area contributed by atoms with E-state index in [9.17, 15) is 0 Å². The molecule has 1 N–H and O–H groups in total. The highest BCUT2D eigenvalue weighted by Gasteiger charge is 2.20. The summed E-state index contributed by atoms with van der Waals surface area (Å²) in [5.41, 5.74) is 6.65. The zero-order valence-corrected chi connectivity index (χ0v) is 19.1. The van der Waals surface area contributed by atoms with E-state index < -0.39 is 0 Å². The summed E-state index contributed by atoms with van der Waals surface area (Å²) in [6.07, 6.45) is 1.90. The maximum absolute atomic E-state index is 5.32. The van der Waals surface area contributed by atoms with E-state index >= 15 is 0 Å². The van der Waals surface area contributed by atoms with Crippen LogP contribution in [0.4, 0.5) is 5.82 Å². The summed E-state index contributed by atoms with van der Waals surface area (Å²) in [6, 6.07) is 16.2. The fraction of sp³-hybridized carbons (Fsp3) is 0.208. The summed E-state index contributed by atoms with van der Waals surface area (Å²) in [7, 11) is 3.35. The Kier molecular flexibility index (Phi) is 5.68. The van der Waals surface area contributed by atoms with E-state index in [2.05, 4.69) is 63.8 Å². The quantitative estimate of drug-likeness (QED) is 0.378. The number of nitrogens with zero attached hydrogens (tertiary/aromatic N) is 2. The Morgan fingerprint density at radius 1 is 0.933 bits per heavy atom. The number of nitrogens with one attached hydrogen (secondary N) is 1. The predicted octanol–water partition coefficient (Wildman–Crippen LogP) is 6.01. The van der Waals surface area contributed by atoms with E-state index in [1.54, 1.807) is 14.2 Å². The monoisotopic (exact) mass is 465 g/mol. The molecule has 2 heterocycles. The van der Waals surface area contributed by atoms with Crippen LogP contribution in [-0.4, -0.2) is 23.6 Å². The minimum atomic E-state index is 0.666. The van der Waals surface area contributed by atoms with Crippen LogP contribution in [0.5, 0.6) is 11.5 Å². The maximum atomic E-state index is 5.32. The van der Waals surface area contributed by atoms with Gasteiger partial charge in [-0.25, -0.2) is 4.98 Å². The Hall–Kier alpha value is -2.99. The number of rotatable bonds is 6. The van der Waals surface area contributed by atoms with E-state index in [4.69, 9.17) is 14.5 Å². The molecule has 154 valence electrons. The number of hydrogen-bond donors (Lipinski definition) is 1. The molecule has 4 rings (SSSR count). The van der Waals surface area contributed by atoms with Gasteiger partial charge in [-0.3, -0.25) is 0 Å². The van der Waals surface area contributed by atoms with Crippen LogP contribution in [0.3, 0.4) is 0 Å². The Labute approximate surface area is 184 Å². The molecule has 0 saturated carbocycles. The van der Waals surface area contributed by atoms with E-state index in [1.807, 2.05) is 30.5 Å². The lowest BCUT2D eigenvalue weighted by Crippen LogP contribution is -2.05. The second-order valence-electron chi connectivity index (χ2n) is 7.14. The van der Waals surface area contributed by atoms with Gasteiger partial charge < -0.3 is 19.2 Å². The average molecular weight is 466 g/mol. The molecule has 6 heteroatoms. The van der Waals surface area contributed by atoms with Crippen molar-refractivity contribution in [1.29, 1.82) is 0 Å². The number of halogens is 1. The zero-order valence-electron chi connectivity index (χ0n) is 17.5. The van der Waals surface area contributed by atoms with Crippen LogP contribution in [-0.2, 0) is 6.54 Å². The first-order valence-electron chi connectivity index (χ1n) is 9.70. The molecule has 0 aliphatic heterocycles. The third-order valence-electron chi connectivity index (χ3n) is 5.29. The molecule has 0 aliphatic carbocycles. The molecule has 0 unspecified atom stereocenters. The lowest BCUT2D eigenvalue weighted by Gasteiger charge is -2.12. The van der Waals surface area contributed by atoms with Gasteiger partial charge in [-0.2, -0.15) is 0 Å². The fourth-order valence-electron chi connectivity index (χ4n) is 3.68. The van der Waals surface area contributed by atoms with Gasteiger partial charge in [0.15, 0.2) is 5.82 Å². The van der Waals surface area contributed by atoms with Gasteiger partial charge in [0.05, 0.1) is 19.7 Å². The number of anilines is 1. The van der Waals surface area contributed by atoms with Gasteiger partial charge in [-0.15, -0.1) is 0 Å². The topological polar surface area (TPSA) is 47.8 Å². The van der Waals surface area contributed by atoms with Crippen LogP contribution >= 0.6 is 15.9 Å². The fourth-order valence-corrected chi connectivity index (χ4v) is 4.28. The zero-order chi connectivity index (χ0) is 21.3. The van der Waals surface area contributed by atoms with E-state index in [1.165, 1.54) is 0 Å². The molecule has 0 aliphatic rings. The van der Waals surface area contributed by atoms with Crippen LogP contribution in [0.2, 0.25) is 0 Å². The maximum Gasteiger partial charge on any atom is 0.151 e. The molecule has 0 radical (unpaired) electrons. The van der Waals surface area contributed by atoms with Crippen LogP contribution < -0.4 is 14.8 Å². The van der Waals surface area contributed by atoms with Crippen molar-refractivity contribution in [3.63, 3.8) is 0 Å². The van der Waals surface area contributed by atoms with Gasteiger partial charge in [-0.05, 0) is 65.2 Å². The first-order chi connectivity index (χ1) is 14.5. The summed E-state index contributed by atoms with van der Waals surface area (Å²) < 4.78 is 13.9. The minimum Gasteiger partial charge on any atom is -0.497 e. The van der Waals surface area contributed by atoms with E-state index in [0.29, 0.717) is 6.54 Å². The third kappa shape index (κ3) is 3.63. The lowest BCUT2D eigenvalue weighted by atomic mass is 10.1. The van der Waals surface area contributed by atoms with Crippen molar-refractivity contribution in [2.45, 2.75) is 20.4 Å². The molecule has 2 aromatic carbocycles. The first kappa shape index (κ1) is 20.3. The number of aromatic nitrogens is 2. The van der Waals surface area contributed by atoms with Crippen molar-refractivity contribution < 1.29 is 9.47 Å². The second kappa shape index (κ2) is 8.40. The normalized spacial score (nSPS) is 11.0. The molecular formula is C24H24BrN3O2. The van der Waals surface area contributed by atoms with Crippen molar-refractivity contribution in [2.24, 2.45) is 0 Å². The molecule has 30 heavy (non-hydrogen) atoms. The van der Waals surface area contributed by atoms with Crippen LogP contribution in [0.15, 0.2) is 59.2 Å². The molecule has 5 nitrogen and oxygen atoms in total. The van der Waals surface area contributed by atoms with Crippen LogP contribution in [0.1, 0.15) is 17.0 Å². The highest BCUT2D eigenvalue weighted by molar-refractivity contribution is 9.10. The summed E-state index contributed by atoms with van der Waals surface area (Å²) in [5, 5.41) is 3.52. The second-order valence-corrected chi connectivity index (χ2v) is 7.93. The Bertz CT molecular complexity index is 1180. The number of fused-ring (bicyclic) bond motifs is 1. The van der Waals surface area contributed by atoms with Crippen molar-refractivity contribution in [1.82, 2.24) is 9.38 Å². The van der Waals surface area contributed by atoms with E-state index in [-0.39, 0.29) is 0 Å². The SMILES string of the molecule is COc1ccc(CNc2ncc(C)n3c(C)c(Br)c(-c4ccc(OC)cc4)c23)cc1. The molecule has 0 spiro atoms. The van der Waals surface area contributed by atoms with Crippen LogP contribution in [0, 0.1) is 13.8 Å². The molecule has 0 bridgehead atoms. The molecule has 2 aromatic heterocycles. The van der Waals surface area contributed by atoms with Gasteiger partial charge in [-0.1, -0.05) is 24.3 Å². The molecule has 0 atom stereocenters. The van der Waals surface area contributed by atoms with Gasteiger partial charge in [0.1, 0.15) is 11.5 Å². The predicted molar refractivity (Wildman–Crippen MR) is 125 cm³/mol. The highest BCUT2D eigenvalue weighted by Crippen LogP contribution is 2.40. The van der Waals surface area contributed by atoms with Crippen molar-refractivity contribution >= 4 is 27.3 Å². The van der Waals surface area contributed by atoms with E-state index in [0.717, 1.165) is 55.4 Å². The minimum absolute atomic E-state index is 0.666. The number of methoxy groups -OCH3 is 2. The Morgan fingerprint density at radius 3 is 2.13 bits per heavy atom. The lowest BCUT2D eigenvalue weighted by molar-refractivity contribution is 0.414. The highest BCUT2D eigenvalue weighted by atomic mass is 79.9. The standard InChI is InChI=1S/C24H24BrN3O2/c1-15-13-26-24(27-14-17-5-9-19(29-3)10-6-17)23-21(22(25)16(2)28(15)23)18-7-11-20(30-4)12-8-18/h5-13H,14H2,1-4H3,(H,26,27). The van der Waals surface area contributed by atoms with Gasteiger partial charge >= 0.3 is 0 Å². The van der Waals surface area contributed by atoms with Crippen molar-refractivity contribution in [3.8, 4) is 22.6 Å². The Balaban J connectivity index is 1.79. The van der Waals surface area contributed by atoms with Crippen LogP contribution in [0.25, 0.3) is 16.6 Å². The molecule has 0 saturated heterocycles. The molecular weight excluding hydrogens is 442 g/mol. The van der Waals surface area contributed by atoms with Crippen molar-refractivity contribution in [2.75, 3.05) is 19.5 Å². The largest absolute Gasteiger partial charge is 0.497 e. The van der Waals surface area contributed by atoms with Gasteiger partial charge in [0.2, 0.25) is 0 Å². The summed E-state index contributed by atoms with van der Waals surface area (Å²) in [6.45, 7) is 4.86. The first-order valence-corrected chi connectivity index (χ1v) is 10.5. The molecule has 0 amide bonds. The number of benzene rings is 2. The smallest absolute Gasteiger partial charge is 0.151 e. The molecule has 4 aromatic rings. The Morgan fingerprint density at radius 2 is 1.53 bits per heavy atom. The third-order valence-corrected chi connectivity index (χ3v) is 6.26.